The number of nitrogens with one attached hydrogen (secondary N) is 3. The zero-order valence-corrected chi connectivity index (χ0v) is 14.3. The van der Waals surface area contributed by atoms with Crippen LogP contribution in [0.2, 0.25) is 0 Å². The van der Waals surface area contributed by atoms with E-state index in [-0.39, 0.29) is 18.7 Å². The predicted octanol–water partition coefficient (Wildman–Crippen LogP) is 0.109. The number of hydrogen-bond donors (Lipinski definition) is 3. The Labute approximate surface area is 151 Å². The average molecular weight is 360 g/mol. The van der Waals surface area contributed by atoms with Crippen LogP contribution in [0.1, 0.15) is 38.5 Å². The first-order valence-corrected chi connectivity index (χ1v) is 8.62. The maximum Gasteiger partial charge on any atom is 0.242 e. The average Bonchev–Trinajstić information content (AvgIpc) is 2.65. The molecule has 1 aromatic carbocycles. The molecule has 0 bridgehead atoms. The van der Waals surface area contributed by atoms with Crippen molar-refractivity contribution < 1.29 is 24.3 Å². The molecule has 1 aromatic rings. The lowest BCUT2D eigenvalue weighted by Gasteiger charge is -2.31. The van der Waals surface area contributed by atoms with Crippen LogP contribution in [0.5, 0.6) is 0 Å². The number of para-hydroxylation sites is 1. The Morgan fingerprint density at radius 2 is 1.50 bits per heavy atom. The normalized spacial score (nSPS) is 19.2. The van der Waals surface area contributed by atoms with E-state index in [1.54, 1.807) is 24.3 Å². The van der Waals surface area contributed by atoms with Crippen LogP contribution < -0.4 is 21.3 Å². The summed E-state index contributed by atoms with van der Waals surface area (Å²) in [5, 5.41) is 13.8. The molecular formula is C18H22N3O5-. The van der Waals surface area contributed by atoms with Crippen molar-refractivity contribution in [2.75, 3.05) is 5.32 Å². The molecule has 0 heterocycles. The second kappa shape index (κ2) is 9.55. The van der Waals surface area contributed by atoms with Crippen molar-refractivity contribution in [3.8, 4) is 0 Å². The Kier molecular flexibility index (Phi) is 7.13. The summed E-state index contributed by atoms with van der Waals surface area (Å²) >= 11 is 0. The van der Waals surface area contributed by atoms with Crippen LogP contribution in [-0.2, 0) is 19.2 Å². The third-order valence-electron chi connectivity index (χ3n) is 4.37. The quantitative estimate of drug-likeness (QED) is 0.621. The second-order valence-corrected chi connectivity index (χ2v) is 6.27. The summed E-state index contributed by atoms with van der Waals surface area (Å²) in [6.07, 6.45) is 2.20. The molecule has 3 amide bonds. The van der Waals surface area contributed by atoms with Crippen LogP contribution in [-0.4, -0.2) is 23.7 Å². The molecule has 0 spiro atoms. The van der Waals surface area contributed by atoms with Gasteiger partial charge in [-0.2, -0.15) is 0 Å². The fourth-order valence-corrected chi connectivity index (χ4v) is 2.99. The van der Waals surface area contributed by atoms with Gasteiger partial charge in [0.2, 0.25) is 17.7 Å². The first-order valence-electron chi connectivity index (χ1n) is 8.62. The zero-order chi connectivity index (χ0) is 18.9. The number of carboxylic acids is 1. The number of anilines is 1. The fraction of sp³-hybridized carbons (Fsp3) is 0.444. The largest absolute Gasteiger partial charge is 0.550 e. The van der Waals surface area contributed by atoms with E-state index in [0.29, 0.717) is 18.5 Å². The van der Waals surface area contributed by atoms with Crippen LogP contribution in [0.4, 0.5) is 5.69 Å². The maximum atomic E-state index is 12.1. The van der Waals surface area contributed by atoms with Crippen molar-refractivity contribution in [2.45, 2.75) is 38.5 Å². The lowest BCUT2D eigenvalue weighted by molar-refractivity contribution is -0.314. The zero-order valence-electron chi connectivity index (χ0n) is 14.3. The highest BCUT2D eigenvalue weighted by atomic mass is 16.4. The minimum absolute atomic E-state index is 0.0400. The lowest BCUT2D eigenvalue weighted by atomic mass is 9.79. The smallest absolute Gasteiger partial charge is 0.242 e. The SMILES string of the molecule is O=C(CCC(=O)Nc1ccccc1)NNC(=O)[C@H]1CCCC[C@H]1C(=O)[O-]. The molecule has 1 aliphatic rings. The highest BCUT2D eigenvalue weighted by Gasteiger charge is 2.31. The van der Waals surface area contributed by atoms with E-state index >= 15 is 0 Å². The van der Waals surface area contributed by atoms with Gasteiger partial charge in [-0.05, 0) is 25.0 Å². The summed E-state index contributed by atoms with van der Waals surface area (Å²) in [7, 11) is 0. The van der Waals surface area contributed by atoms with E-state index in [9.17, 15) is 24.3 Å². The van der Waals surface area contributed by atoms with Gasteiger partial charge in [0.1, 0.15) is 0 Å². The predicted molar refractivity (Wildman–Crippen MR) is 91.0 cm³/mol. The summed E-state index contributed by atoms with van der Waals surface area (Å²) in [6, 6.07) is 8.85. The molecule has 2 atom stereocenters. The number of aliphatic carboxylic acids is 1. The van der Waals surface area contributed by atoms with Gasteiger partial charge in [0.05, 0.1) is 0 Å². The van der Waals surface area contributed by atoms with E-state index in [4.69, 9.17) is 0 Å². The Morgan fingerprint density at radius 3 is 2.15 bits per heavy atom. The van der Waals surface area contributed by atoms with Crippen LogP contribution in [0, 0.1) is 11.8 Å². The molecule has 8 heteroatoms. The van der Waals surface area contributed by atoms with Crippen molar-refractivity contribution in [2.24, 2.45) is 11.8 Å². The van der Waals surface area contributed by atoms with Gasteiger partial charge in [0, 0.05) is 36.3 Å². The first kappa shape index (κ1) is 19.4. The molecule has 1 aliphatic carbocycles. The molecule has 2 rings (SSSR count). The van der Waals surface area contributed by atoms with Gasteiger partial charge in [-0.15, -0.1) is 0 Å². The number of benzene rings is 1. The fourth-order valence-electron chi connectivity index (χ4n) is 2.99. The van der Waals surface area contributed by atoms with Gasteiger partial charge in [-0.1, -0.05) is 31.0 Å². The number of amides is 3. The van der Waals surface area contributed by atoms with Crippen molar-refractivity contribution in [1.82, 2.24) is 10.9 Å². The summed E-state index contributed by atoms with van der Waals surface area (Å²) in [5.41, 5.74) is 5.11. The van der Waals surface area contributed by atoms with Crippen LogP contribution in [0.25, 0.3) is 0 Å². The van der Waals surface area contributed by atoms with E-state index in [2.05, 4.69) is 16.2 Å². The van der Waals surface area contributed by atoms with Crippen molar-refractivity contribution in [3.05, 3.63) is 30.3 Å². The Balaban J connectivity index is 1.71. The highest BCUT2D eigenvalue weighted by Crippen LogP contribution is 2.29. The van der Waals surface area contributed by atoms with Crippen LogP contribution in [0.3, 0.4) is 0 Å². The first-order chi connectivity index (χ1) is 12.5. The summed E-state index contributed by atoms with van der Waals surface area (Å²) < 4.78 is 0. The minimum atomic E-state index is -1.24. The van der Waals surface area contributed by atoms with Gasteiger partial charge < -0.3 is 15.2 Å². The lowest BCUT2D eigenvalue weighted by Crippen LogP contribution is -2.49. The molecule has 0 aliphatic heterocycles. The topological polar surface area (TPSA) is 127 Å². The Bertz CT molecular complexity index is 662. The number of carboxylic acid groups (broad SMARTS) is 1. The van der Waals surface area contributed by atoms with Gasteiger partial charge in [0.15, 0.2) is 0 Å². The van der Waals surface area contributed by atoms with Gasteiger partial charge >= 0.3 is 0 Å². The van der Waals surface area contributed by atoms with Crippen LogP contribution >= 0.6 is 0 Å². The summed E-state index contributed by atoms with van der Waals surface area (Å²) in [4.78, 5) is 46.8. The molecular weight excluding hydrogens is 338 g/mol. The standard InChI is InChI=1S/C18H23N3O5/c22-15(19-12-6-2-1-3-7-12)10-11-16(23)20-21-17(24)13-8-4-5-9-14(13)18(25)26/h1-3,6-7,13-14H,4-5,8-11H2,(H,19,22)(H,20,23)(H,21,24)(H,25,26)/p-1/t13-,14+/m0/s1. The van der Waals surface area contributed by atoms with Crippen LogP contribution in [0.15, 0.2) is 30.3 Å². The third-order valence-corrected chi connectivity index (χ3v) is 4.37. The van der Waals surface area contributed by atoms with Gasteiger partial charge in [-0.3, -0.25) is 25.2 Å². The molecule has 8 nitrogen and oxygen atoms in total. The molecule has 26 heavy (non-hydrogen) atoms. The Hall–Kier alpha value is -2.90. The van der Waals surface area contributed by atoms with Gasteiger partial charge in [0.25, 0.3) is 0 Å². The number of carbonyl (C=O) groups excluding carboxylic acids is 4. The molecule has 0 radical (unpaired) electrons. The highest BCUT2D eigenvalue weighted by molar-refractivity contribution is 5.93. The molecule has 0 saturated heterocycles. The number of hydrazine groups is 1. The molecule has 1 fully saturated rings. The third kappa shape index (κ3) is 5.87. The minimum Gasteiger partial charge on any atom is -0.550 e. The number of rotatable bonds is 6. The molecule has 1 saturated carbocycles. The molecule has 140 valence electrons. The van der Waals surface area contributed by atoms with Crippen molar-refractivity contribution >= 4 is 29.4 Å². The van der Waals surface area contributed by atoms with Crippen molar-refractivity contribution in [3.63, 3.8) is 0 Å². The summed E-state index contributed by atoms with van der Waals surface area (Å²) in [6.45, 7) is 0. The monoisotopic (exact) mass is 360 g/mol. The molecule has 0 aromatic heterocycles. The van der Waals surface area contributed by atoms with Crippen molar-refractivity contribution in [1.29, 1.82) is 0 Å². The van der Waals surface area contributed by atoms with Gasteiger partial charge in [-0.25, -0.2) is 0 Å². The van der Waals surface area contributed by atoms with E-state index in [0.717, 1.165) is 12.8 Å². The maximum absolute atomic E-state index is 12.1. The number of carbonyl (C=O) groups is 4. The molecule has 3 N–H and O–H groups in total. The number of hydrogen-bond acceptors (Lipinski definition) is 5. The second-order valence-electron chi connectivity index (χ2n) is 6.27. The van der Waals surface area contributed by atoms with E-state index < -0.39 is 29.6 Å². The van der Waals surface area contributed by atoms with E-state index in [1.165, 1.54) is 0 Å². The van der Waals surface area contributed by atoms with E-state index in [1.807, 2.05) is 6.07 Å². The Morgan fingerprint density at radius 1 is 0.885 bits per heavy atom. The molecule has 0 unspecified atom stereocenters. The summed E-state index contributed by atoms with van der Waals surface area (Å²) in [5.74, 6) is -4.17.